The molecule has 1 aromatic carbocycles. The van der Waals surface area contributed by atoms with Crippen LogP contribution in [0.2, 0.25) is 0 Å². The lowest BCUT2D eigenvalue weighted by Gasteiger charge is -2.10. The van der Waals surface area contributed by atoms with Crippen LogP contribution in [0.5, 0.6) is 0 Å². The monoisotopic (exact) mass is 189 g/mol. The topological polar surface area (TPSA) is 29.1 Å². The molecule has 14 heavy (non-hydrogen) atoms. The van der Waals surface area contributed by atoms with E-state index in [1.807, 2.05) is 37.3 Å². The Morgan fingerprint density at radius 3 is 2.71 bits per heavy atom. The molecule has 0 saturated carbocycles. The van der Waals surface area contributed by atoms with Crippen molar-refractivity contribution in [3.63, 3.8) is 0 Å². The summed E-state index contributed by atoms with van der Waals surface area (Å²) in [6.07, 6.45) is 1.68. The van der Waals surface area contributed by atoms with Crippen molar-refractivity contribution in [3.05, 3.63) is 48.6 Å². The Morgan fingerprint density at radius 1 is 1.50 bits per heavy atom. The maximum absolute atomic E-state index is 11.5. The van der Waals surface area contributed by atoms with Gasteiger partial charge in [-0.05, 0) is 12.5 Å². The zero-order chi connectivity index (χ0) is 10.4. The molecule has 74 valence electrons. The number of carbonyl (C=O) groups excluding carboxylic acids is 1. The Balaban J connectivity index is 2.61. The first-order valence-corrected chi connectivity index (χ1v) is 4.69. The third-order valence-corrected chi connectivity index (χ3v) is 2.11. The first-order valence-electron chi connectivity index (χ1n) is 4.69. The normalized spacial score (nSPS) is 11.8. The molecule has 1 rings (SSSR count). The molecule has 0 heterocycles. The summed E-state index contributed by atoms with van der Waals surface area (Å²) in [5.74, 6) is -0.0627. The van der Waals surface area contributed by atoms with Gasteiger partial charge in [0, 0.05) is 6.54 Å². The zero-order valence-electron chi connectivity index (χ0n) is 8.36. The lowest BCUT2D eigenvalue weighted by Crippen LogP contribution is -2.27. The molecule has 1 atom stereocenters. The third kappa shape index (κ3) is 2.73. The van der Waals surface area contributed by atoms with Gasteiger partial charge in [-0.15, -0.1) is 6.58 Å². The molecule has 0 fully saturated rings. The minimum absolute atomic E-state index is 0.0381. The molecule has 0 aliphatic heterocycles. The second kappa shape index (κ2) is 5.22. The van der Waals surface area contributed by atoms with Crippen molar-refractivity contribution in [1.29, 1.82) is 0 Å². The standard InChI is InChI=1S/C12H15NO/c1-3-9-13-12(14)10(2)11-7-5-4-6-8-11/h3-8,10H,1,9H2,2H3,(H,13,14)/t10-/m1/s1. The maximum Gasteiger partial charge on any atom is 0.227 e. The van der Waals surface area contributed by atoms with E-state index in [1.165, 1.54) is 0 Å². The SMILES string of the molecule is C=CCNC(=O)[C@H](C)c1ccccc1. The van der Waals surface area contributed by atoms with E-state index in [-0.39, 0.29) is 11.8 Å². The molecule has 2 heteroatoms. The second-order valence-corrected chi connectivity index (χ2v) is 3.17. The van der Waals surface area contributed by atoms with E-state index in [2.05, 4.69) is 11.9 Å². The summed E-state index contributed by atoms with van der Waals surface area (Å²) in [5, 5.41) is 2.77. The highest BCUT2D eigenvalue weighted by molar-refractivity contribution is 5.83. The van der Waals surface area contributed by atoms with Crippen molar-refractivity contribution in [2.75, 3.05) is 6.54 Å². The minimum atomic E-state index is -0.101. The minimum Gasteiger partial charge on any atom is -0.352 e. The van der Waals surface area contributed by atoms with Crippen LogP contribution in [0.4, 0.5) is 0 Å². The molecule has 0 bridgehead atoms. The maximum atomic E-state index is 11.5. The molecule has 0 aromatic heterocycles. The molecule has 2 nitrogen and oxygen atoms in total. The van der Waals surface area contributed by atoms with Crippen LogP contribution >= 0.6 is 0 Å². The van der Waals surface area contributed by atoms with Crippen molar-refractivity contribution in [3.8, 4) is 0 Å². The summed E-state index contributed by atoms with van der Waals surface area (Å²) in [4.78, 5) is 11.5. The molecule has 0 aliphatic carbocycles. The van der Waals surface area contributed by atoms with Crippen molar-refractivity contribution in [2.45, 2.75) is 12.8 Å². The summed E-state index contributed by atoms with van der Waals surface area (Å²) in [7, 11) is 0. The van der Waals surface area contributed by atoms with E-state index < -0.39 is 0 Å². The average Bonchev–Trinajstić information content (AvgIpc) is 2.26. The number of hydrogen-bond donors (Lipinski definition) is 1. The van der Waals surface area contributed by atoms with Gasteiger partial charge in [0.1, 0.15) is 0 Å². The van der Waals surface area contributed by atoms with Gasteiger partial charge in [0.25, 0.3) is 0 Å². The Morgan fingerprint density at radius 2 is 2.14 bits per heavy atom. The third-order valence-electron chi connectivity index (χ3n) is 2.11. The van der Waals surface area contributed by atoms with Gasteiger partial charge in [0.15, 0.2) is 0 Å². The molecule has 1 amide bonds. The second-order valence-electron chi connectivity index (χ2n) is 3.17. The van der Waals surface area contributed by atoms with E-state index in [9.17, 15) is 4.79 Å². The highest BCUT2D eigenvalue weighted by Crippen LogP contribution is 2.13. The highest BCUT2D eigenvalue weighted by Gasteiger charge is 2.12. The molecule has 1 aromatic rings. The number of nitrogens with one attached hydrogen (secondary N) is 1. The van der Waals surface area contributed by atoms with Gasteiger partial charge in [-0.25, -0.2) is 0 Å². The fourth-order valence-corrected chi connectivity index (χ4v) is 1.22. The number of carbonyl (C=O) groups is 1. The van der Waals surface area contributed by atoms with Crippen LogP contribution < -0.4 is 5.32 Å². The van der Waals surface area contributed by atoms with E-state index in [1.54, 1.807) is 6.08 Å². The fraction of sp³-hybridized carbons (Fsp3) is 0.250. The van der Waals surface area contributed by atoms with Crippen LogP contribution in [0.3, 0.4) is 0 Å². The van der Waals surface area contributed by atoms with Crippen molar-refractivity contribution in [2.24, 2.45) is 0 Å². The van der Waals surface area contributed by atoms with Gasteiger partial charge in [0.05, 0.1) is 5.92 Å². The van der Waals surface area contributed by atoms with Gasteiger partial charge >= 0.3 is 0 Å². The predicted octanol–water partition coefficient (Wildman–Crippen LogP) is 2.09. The first-order chi connectivity index (χ1) is 6.75. The number of amides is 1. The lowest BCUT2D eigenvalue weighted by molar-refractivity contribution is -0.121. The Kier molecular flexibility index (Phi) is 3.92. The van der Waals surface area contributed by atoms with E-state index >= 15 is 0 Å². The summed E-state index contributed by atoms with van der Waals surface area (Å²) >= 11 is 0. The van der Waals surface area contributed by atoms with Crippen LogP contribution in [0.1, 0.15) is 18.4 Å². The van der Waals surface area contributed by atoms with Gasteiger partial charge in [-0.1, -0.05) is 36.4 Å². The van der Waals surface area contributed by atoms with E-state index in [0.717, 1.165) is 5.56 Å². The van der Waals surface area contributed by atoms with Gasteiger partial charge in [-0.2, -0.15) is 0 Å². The van der Waals surface area contributed by atoms with Crippen LogP contribution in [-0.2, 0) is 4.79 Å². The Labute approximate surface area is 84.6 Å². The lowest BCUT2D eigenvalue weighted by atomic mass is 10.0. The number of rotatable bonds is 4. The smallest absolute Gasteiger partial charge is 0.227 e. The van der Waals surface area contributed by atoms with Gasteiger partial charge in [-0.3, -0.25) is 4.79 Å². The fourth-order valence-electron chi connectivity index (χ4n) is 1.22. The van der Waals surface area contributed by atoms with Crippen LogP contribution in [0, 0.1) is 0 Å². The number of hydrogen-bond acceptors (Lipinski definition) is 1. The molecule has 0 aliphatic rings. The van der Waals surface area contributed by atoms with Gasteiger partial charge < -0.3 is 5.32 Å². The predicted molar refractivity (Wildman–Crippen MR) is 58.1 cm³/mol. The summed E-state index contributed by atoms with van der Waals surface area (Å²) in [5.41, 5.74) is 1.04. The Bertz CT molecular complexity index is 305. The Hall–Kier alpha value is -1.57. The number of benzene rings is 1. The van der Waals surface area contributed by atoms with Crippen molar-refractivity contribution in [1.82, 2.24) is 5.32 Å². The van der Waals surface area contributed by atoms with E-state index in [4.69, 9.17) is 0 Å². The molecule has 0 unspecified atom stereocenters. The largest absolute Gasteiger partial charge is 0.352 e. The highest BCUT2D eigenvalue weighted by atomic mass is 16.1. The molecular weight excluding hydrogens is 174 g/mol. The van der Waals surface area contributed by atoms with Crippen LogP contribution in [0.15, 0.2) is 43.0 Å². The van der Waals surface area contributed by atoms with Crippen LogP contribution in [0.25, 0.3) is 0 Å². The summed E-state index contributed by atoms with van der Waals surface area (Å²) in [6.45, 7) is 5.97. The molecular formula is C12H15NO. The molecule has 1 N–H and O–H groups in total. The van der Waals surface area contributed by atoms with Gasteiger partial charge in [0.2, 0.25) is 5.91 Å². The first kappa shape index (κ1) is 10.5. The molecule has 0 spiro atoms. The van der Waals surface area contributed by atoms with E-state index in [0.29, 0.717) is 6.54 Å². The summed E-state index contributed by atoms with van der Waals surface area (Å²) in [6, 6.07) is 9.73. The van der Waals surface area contributed by atoms with Crippen molar-refractivity contribution < 1.29 is 4.79 Å². The zero-order valence-corrected chi connectivity index (χ0v) is 8.36. The molecule has 0 saturated heterocycles. The summed E-state index contributed by atoms with van der Waals surface area (Å²) < 4.78 is 0. The van der Waals surface area contributed by atoms with Crippen molar-refractivity contribution >= 4 is 5.91 Å². The molecule has 0 radical (unpaired) electrons. The quantitative estimate of drug-likeness (QED) is 0.722. The average molecular weight is 189 g/mol. The van der Waals surface area contributed by atoms with Crippen LogP contribution in [-0.4, -0.2) is 12.5 Å².